The number of rotatable bonds is 4. The fourth-order valence-electron chi connectivity index (χ4n) is 1.19. The summed E-state index contributed by atoms with van der Waals surface area (Å²) in [4.78, 5) is 26.1. The van der Waals surface area contributed by atoms with Crippen LogP contribution in [0.25, 0.3) is 0 Å². The number of nitrogens with two attached hydrogens (primary N) is 1. The standard InChI is InChI=1S/C10H12ClN3O2/c1-6(5-9(12)15)13-10(16)7-3-2-4-8(11)14-7/h2-4,6H,5H2,1H3,(H2,12,15)(H,13,16). The van der Waals surface area contributed by atoms with E-state index < -0.39 is 5.91 Å². The molecule has 1 aromatic heterocycles. The largest absolute Gasteiger partial charge is 0.370 e. The van der Waals surface area contributed by atoms with Gasteiger partial charge >= 0.3 is 0 Å². The van der Waals surface area contributed by atoms with Crippen molar-refractivity contribution < 1.29 is 9.59 Å². The number of nitrogens with zero attached hydrogens (tertiary/aromatic N) is 1. The molecule has 16 heavy (non-hydrogen) atoms. The summed E-state index contributed by atoms with van der Waals surface area (Å²) in [5, 5.41) is 2.84. The van der Waals surface area contributed by atoms with Crippen molar-refractivity contribution in [2.24, 2.45) is 5.73 Å². The van der Waals surface area contributed by atoms with E-state index in [1.807, 2.05) is 0 Å². The molecule has 0 spiro atoms. The van der Waals surface area contributed by atoms with Crippen LogP contribution in [0.1, 0.15) is 23.8 Å². The summed E-state index contributed by atoms with van der Waals surface area (Å²) in [5.74, 6) is -0.844. The summed E-state index contributed by atoms with van der Waals surface area (Å²) in [7, 11) is 0. The molecular weight excluding hydrogens is 230 g/mol. The van der Waals surface area contributed by atoms with Crippen molar-refractivity contribution in [3.05, 3.63) is 29.0 Å². The molecule has 0 aliphatic heterocycles. The Morgan fingerprint density at radius 3 is 2.81 bits per heavy atom. The van der Waals surface area contributed by atoms with Crippen LogP contribution in [0.2, 0.25) is 5.15 Å². The van der Waals surface area contributed by atoms with Gasteiger partial charge in [-0.15, -0.1) is 0 Å². The summed E-state index contributed by atoms with van der Waals surface area (Å²) < 4.78 is 0. The van der Waals surface area contributed by atoms with Crippen LogP contribution in [-0.2, 0) is 4.79 Å². The highest BCUT2D eigenvalue weighted by atomic mass is 35.5. The molecule has 0 bridgehead atoms. The number of hydrogen-bond donors (Lipinski definition) is 2. The van der Waals surface area contributed by atoms with Gasteiger partial charge in [0.25, 0.3) is 5.91 Å². The Bertz CT molecular complexity index is 409. The maximum atomic E-state index is 11.6. The van der Waals surface area contributed by atoms with Gasteiger partial charge < -0.3 is 11.1 Å². The molecular formula is C10H12ClN3O2. The van der Waals surface area contributed by atoms with Gasteiger partial charge in [0.1, 0.15) is 10.8 Å². The number of carbonyl (C=O) groups is 2. The van der Waals surface area contributed by atoms with Crippen molar-refractivity contribution in [2.45, 2.75) is 19.4 Å². The van der Waals surface area contributed by atoms with Crippen LogP contribution in [0.4, 0.5) is 0 Å². The summed E-state index contributed by atoms with van der Waals surface area (Å²) in [6.07, 6.45) is 0.0896. The SMILES string of the molecule is CC(CC(N)=O)NC(=O)c1cccc(Cl)n1. The molecule has 0 aromatic carbocycles. The van der Waals surface area contributed by atoms with Gasteiger partial charge in [0.15, 0.2) is 0 Å². The van der Waals surface area contributed by atoms with Gasteiger partial charge in [-0.3, -0.25) is 9.59 Å². The average Bonchev–Trinajstić information content (AvgIpc) is 2.16. The van der Waals surface area contributed by atoms with Crippen molar-refractivity contribution >= 4 is 23.4 Å². The molecule has 1 aromatic rings. The molecule has 0 aliphatic carbocycles. The predicted octanol–water partition coefficient (Wildman–Crippen LogP) is 0.729. The third-order valence-electron chi connectivity index (χ3n) is 1.83. The zero-order chi connectivity index (χ0) is 12.1. The molecule has 0 radical (unpaired) electrons. The van der Waals surface area contributed by atoms with Crippen molar-refractivity contribution in [3.63, 3.8) is 0 Å². The van der Waals surface area contributed by atoms with Crippen LogP contribution in [0.15, 0.2) is 18.2 Å². The highest BCUT2D eigenvalue weighted by Gasteiger charge is 2.12. The van der Waals surface area contributed by atoms with E-state index in [4.69, 9.17) is 17.3 Å². The van der Waals surface area contributed by atoms with Crippen LogP contribution in [0.3, 0.4) is 0 Å². The van der Waals surface area contributed by atoms with Gasteiger partial charge in [-0.05, 0) is 19.1 Å². The lowest BCUT2D eigenvalue weighted by molar-refractivity contribution is -0.118. The Morgan fingerprint density at radius 2 is 2.25 bits per heavy atom. The topological polar surface area (TPSA) is 85.1 Å². The number of aromatic nitrogens is 1. The lowest BCUT2D eigenvalue weighted by atomic mass is 10.2. The predicted molar refractivity (Wildman–Crippen MR) is 60.0 cm³/mol. The molecule has 0 saturated carbocycles. The van der Waals surface area contributed by atoms with Crippen molar-refractivity contribution in [1.82, 2.24) is 10.3 Å². The second-order valence-corrected chi connectivity index (χ2v) is 3.78. The number of carbonyl (C=O) groups excluding carboxylic acids is 2. The molecule has 1 rings (SSSR count). The number of halogens is 1. The van der Waals surface area contributed by atoms with Gasteiger partial charge in [0, 0.05) is 12.5 Å². The maximum absolute atomic E-state index is 11.6. The molecule has 2 amide bonds. The minimum atomic E-state index is -0.466. The molecule has 0 saturated heterocycles. The van der Waals surface area contributed by atoms with Crippen LogP contribution < -0.4 is 11.1 Å². The molecule has 1 atom stereocenters. The Hall–Kier alpha value is -1.62. The van der Waals surface area contributed by atoms with E-state index in [9.17, 15) is 9.59 Å². The second-order valence-electron chi connectivity index (χ2n) is 3.39. The molecule has 1 unspecified atom stereocenters. The number of nitrogens with one attached hydrogen (secondary N) is 1. The highest BCUT2D eigenvalue weighted by Crippen LogP contribution is 2.05. The van der Waals surface area contributed by atoms with Crippen LogP contribution >= 0.6 is 11.6 Å². The molecule has 0 aliphatic rings. The lowest BCUT2D eigenvalue weighted by Crippen LogP contribution is -2.36. The van der Waals surface area contributed by atoms with Crippen LogP contribution in [-0.4, -0.2) is 22.8 Å². The van der Waals surface area contributed by atoms with Crippen LogP contribution in [0, 0.1) is 0 Å². The number of primary amides is 1. The minimum Gasteiger partial charge on any atom is -0.370 e. The first-order chi connectivity index (χ1) is 7.49. The third-order valence-corrected chi connectivity index (χ3v) is 2.04. The number of hydrogen-bond acceptors (Lipinski definition) is 3. The van der Waals surface area contributed by atoms with Crippen molar-refractivity contribution in [2.75, 3.05) is 0 Å². The summed E-state index contributed by atoms with van der Waals surface area (Å²) in [5.41, 5.74) is 5.22. The Balaban J connectivity index is 2.62. The first kappa shape index (κ1) is 12.4. The number of amides is 2. The van der Waals surface area contributed by atoms with Gasteiger partial charge in [0.2, 0.25) is 5.91 Å². The smallest absolute Gasteiger partial charge is 0.270 e. The van der Waals surface area contributed by atoms with E-state index in [1.165, 1.54) is 6.07 Å². The zero-order valence-electron chi connectivity index (χ0n) is 8.74. The molecule has 3 N–H and O–H groups in total. The number of pyridine rings is 1. The normalized spacial score (nSPS) is 11.9. The summed E-state index contributed by atoms with van der Waals surface area (Å²) in [6.45, 7) is 1.69. The minimum absolute atomic E-state index is 0.0896. The Labute approximate surface area is 98.0 Å². The molecule has 6 heteroatoms. The second kappa shape index (κ2) is 5.46. The van der Waals surface area contributed by atoms with Crippen molar-refractivity contribution in [1.29, 1.82) is 0 Å². The molecule has 1 heterocycles. The lowest BCUT2D eigenvalue weighted by Gasteiger charge is -2.11. The average molecular weight is 242 g/mol. The van der Waals surface area contributed by atoms with Crippen LogP contribution in [0.5, 0.6) is 0 Å². The van der Waals surface area contributed by atoms with Gasteiger partial charge in [0.05, 0.1) is 0 Å². The van der Waals surface area contributed by atoms with E-state index >= 15 is 0 Å². The Morgan fingerprint density at radius 1 is 1.56 bits per heavy atom. The van der Waals surface area contributed by atoms with Gasteiger partial charge in [-0.2, -0.15) is 0 Å². The van der Waals surface area contributed by atoms with E-state index in [-0.39, 0.29) is 29.2 Å². The quantitative estimate of drug-likeness (QED) is 0.762. The van der Waals surface area contributed by atoms with Gasteiger partial charge in [-0.25, -0.2) is 4.98 Å². The van der Waals surface area contributed by atoms with E-state index in [0.29, 0.717) is 0 Å². The fraction of sp³-hybridized carbons (Fsp3) is 0.300. The summed E-state index contributed by atoms with van der Waals surface area (Å²) >= 11 is 5.64. The summed E-state index contributed by atoms with van der Waals surface area (Å²) in [6, 6.07) is 4.41. The van der Waals surface area contributed by atoms with Gasteiger partial charge in [-0.1, -0.05) is 17.7 Å². The monoisotopic (exact) mass is 241 g/mol. The van der Waals surface area contributed by atoms with E-state index in [0.717, 1.165) is 0 Å². The molecule has 86 valence electrons. The molecule has 0 fully saturated rings. The molecule has 5 nitrogen and oxygen atoms in total. The maximum Gasteiger partial charge on any atom is 0.270 e. The van der Waals surface area contributed by atoms with E-state index in [2.05, 4.69) is 10.3 Å². The third kappa shape index (κ3) is 3.86. The zero-order valence-corrected chi connectivity index (χ0v) is 9.49. The first-order valence-electron chi connectivity index (χ1n) is 4.70. The first-order valence-corrected chi connectivity index (χ1v) is 5.08. The van der Waals surface area contributed by atoms with E-state index in [1.54, 1.807) is 19.1 Å². The Kier molecular flexibility index (Phi) is 4.25. The van der Waals surface area contributed by atoms with Crippen molar-refractivity contribution in [3.8, 4) is 0 Å². The fourth-order valence-corrected chi connectivity index (χ4v) is 1.35. The highest BCUT2D eigenvalue weighted by molar-refractivity contribution is 6.29.